The highest BCUT2D eigenvalue weighted by Gasteiger charge is 2.18. The van der Waals surface area contributed by atoms with Crippen molar-refractivity contribution >= 4 is 0 Å². The third-order valence-corrected chi connectivity index (χ3v) is 3.03. The summed E-state index contributed by atoms with van der Waals surface area (Å²) in [6.45, 7) is 4.45. The van der Waals surface area contributed by atoms with Gasteiger partial charge in [-0.15, -0.1) is 0 Å². The topological polar surface area (TPSA) is 50.7 Å². The maximum Gasteiger partial charge on any atom is 0.119 e. The van der Waals surface area contributed by atoms with E-state index in [9.17, 15) is 5.11 Å². The summed E-state index contributed by atoms with van der Waals surface area (Å²) in [5.74, 6) is 0.820. The van der Waals surface area contributed by atoms with Gasteiger partial charge in [-0.1, -0.05) is 19.1 Å². The minimum absolute atomic E-state index is 0.313. The van der Waals surface area contributed by atoms with E-state index in [1.807, 2.05) is 18.2 Å². The Bertz CT molecular complexity index is 366. The maximum atomic E-state index is 9.78. The first-order valence-electron chi connectivity index (χ1n) is 6.49. The molecule has 1 heterocycles. The standard InChI is InChI=1S/C14H21NO3/c1-2-11-4-3-5-14(6-11)18-10-13(16)7-15-12-8-17-9-12/h3-6,12-13,15-16H,2,7-10H2,1H3. The monoisotopic (exact) mass is 251 g/mol. The van der Waals surface area contributed by atoms with Gasteiger partial charge in [-0.25, -0.2) is 0 Å². The quantitative estimate of drug-likeness (QED) is 0.758. The van der Waals surface area contributed by atoms with E-state index in [1.54, 1.807) is 0 Å². The number of hydrogen-bond donors (Lipinski definition) is 2. The lowest BCUT2D eigenvalue weighted by Gasteiger charge is -2.28. The number of aliphatic hydroxyl groups is 1. The van der Waals surface area contributed by atoms with Gasteiger partial charge in [0, 0.05) is 6.54 Å². The van der Waals surface area contributed by atoms with Crippen molar-refractivity contribution in [2.24, 2.45) is 0 Å². The SMILES string of the molecule is CCc1cccc(OCC(O)CNC2COC2)c1. The van der Waals surface area contributed by atoms with Crippen molar-refractivity contribution in [3.8, 4) is 5.75 Å². The Morgan fingerprint density at radius 3 is 3.00 bits per heavy atom. The number of ether oxygens (including phenoxy) is 2. The predicted octanol–water partition coefficient (Wildman–Crippen LogP) is 0.977. The van der Waals surface area contributed by atoms with Crippen molar-refractivity contribution < 1.29 is 14.6 Å². The number of benzene rings is 1. The fourth-order valence-corrected chi connectivity index (χ4v) is 1.76. The normalized spacial score (nSPS) is 17.2. The van der Waals surface area contributed by atoms with E-state index in [0.717, 1.165) is 25.4 Å². The van der Waals surface area contributed by atoms with Gasteiger partial charge in [0.1, 0.15) is 18.5 Å². The molecule has 1 aromatic carbocycles. The van der Waals surface area contributed by atoms with Crippen LogP contribution < -0.4 is 10.1 Å². The largest absolute Gasteiger partial charge is 0.491 e. The smallest absolute Gasteiger partial charge is 0.119 e. The third-order valence-electron chi connectivity index (χ3n) is 3.03. The zero-order valence-corrected chi connectivity index (χ0v) is 10.8. The lowest BCUT2D eigenvalue weighted by molar-refractivity contribution is -0.0118. The third kappa shape index (κ3) is 3.98. The molecule has 1 aliphatic heterocycles. The van der Waals surface area contributed by atoms with Crippen LogP contribution in [0.25, 0.3) is 0 Å². The summed E-state index contributed by atoms with van der Waals surface area (Å²) in [7, 11) is 0. The Hall–Kier alpha value is -1.10. The average molecular weight is 251 g/mol. The molecule has 1 aliphatic rings. The Labute approximate surface area is 108 Å². The number of aliphatic hydroxyl groups excluding tert-OH is 1. The first-order chi connectivity index (χ1) is 8.78. The molecular formula is C14H21NO3. The van der Waals surface area contributed by atoms with Crippen molar-refractivity contribution in [3.63, 3.8) is 0 Å². The molecule has 1 fully saturated rings. The molecule has 2 rings (SSSR count). The van der Waals surface area contributed by atoms with Crippen LogP contribution in [-0.4, -0.2) is 43.6 Å². The highest BCUT2D eigenvalue weighted by Crippen LogP contribution is 2.13. The molecule has 18 heavy (non-hydrogen) atoms. The molecule has 1 saturated heterocycles. The predicted molar refractivity (Wildman–Crippen MR) is 69.9 cm³/mol. The van der Waals surface area contributed by atoms with Crippen molar-refractivity contribution in [1.82, 2.24) is 5.32 Å². The number of aryl methyl sites for hydroxylation is 1. The Kier molecular flexibility index (Phi) is 4.99. The molecule has 1 unspecified atom stereocenters. The number of rotatable bonds is 7. The summed E-state index contributed by atoms with van der Waals surface area (Å²) in [6.07, 6.45) is 0.499. The van der Waals surface area contributed by atoms with Gasteiger partial charge in [0.2, 0.25) is 0 Å². The maximum absolute atomic E-state index is 9.78. The second-order valence-corrected chi connectivity index (χ2v) is 4.61. The lowest BCUT2D eigenvalue weighted by Crippen LogP contribution is -2.49. The van der Waals surface area contributed by atoms with Gasteiger partial charge in [0.15, 0.2) is 0 Å². The fraction of sp³-hybridized carbons (Fsp3) is 0.571. The summed E-state index contributed by atoms with van der Waals surface area (Å²) in [6, 6.07) is 8.37. The van der Waals surface area contributed by atoms with E-state index in [1.165, 1.54) is 5.56 Å². The lowest BCUT2D eigenvalue weighted by atomic mass is 10.2. The molecule has 4 heteroatoms. The van der Waals surface area contributed by atoms with Gasteiger partial charge >= 0.3 is 0 Å². The molecule has 1 aromatic rings. The van der Waals surface area contributed by atoms with Gasteiger partial charge in [0.05, 0.1) is 19.3 Å². The molecule has 4 nitrogen and oxygen atoms in total. The molecular weight excluding hydrogens is 230 g/mol. The van der Waals surface area contributed by atoms with E-state index in [4.69, 9.17) is 9.47 Å². The second kappa shape index (κ2) is 6.73. The summed E-state index contributed by atoms with van der Waals surface area (Å²) < 4.78 is 10.6. The summed E-state index contributed by atoms with van der Waals surface area (Å²) >= 11 is 0. The van der Waals surface area contributed by atoms with Crippen LogP contribution in [0.5, 0.6) is 5.75 Å². The molecule has 0 aromatic heterocycles. The molecule has 0 spiro atoms. The van der Waals surface area contributed by atoms with E-state index < -0.39 is 6.10 Å². The Morgan fingerprint density at radius 1 is 1.50 bits per heavy atom. The summed E-state index contributed by atoms with van der Waals surface area (Å²) in [5.41, 5.74) is 1.24. The van der Waals surface area contributed by atoms with Crippen LogP contribution in [0.3, 0.4) is 0 Å². The Balaban J connectivity index is 1.68. The first kappa shape index (κ1) is 13.3. The zero-order chi connectivity index (χ0) is 12.8. The van der Waals surface area contributed by atoms with E-state index >= 15 is 0 Å². The van der Waals surface area contributed by atoms with Gasteiger partial charge in [0.25, 0.3) is 0 Å². The zero-order valence-electron chi connectivity index (χ0n) is 10.8. The first-order valence-corrected chi connectivity index (χ1v) is 6.49. The Morgan fingerprint density at radius 2 is 2.33 bits per heavy atom. The molecule has 1 atom stereocenters. The highest BCUT2D eigenvalue weighted by atomic mass is 16.5. The van der Waals surface area contributed by atoms with Crippen LogP contribution in [0.1, 0.15) is 12.5 Å². The molecule has 2 N–H and O–H groups in total. The van der Waals surface area contributed by atoms with Crippen molar-refractivity contribution in [2.75, 3.05) is 26.4 Å². The van der Waals surface area contributed by atoms with Crippen LogP contribution in [-0.2, 0) is 11.2 Å². The van der Waals surface area contributed by atoms with Crippen LogP contribution in [0, 0.1) is 0 Å². The minimum atomic E-state index is -0.490. The van der Waals surface area contributed by atoms with Crippen molar-refractivity contribution in [3.05, 3.63) is 29.8 Å². The molecule has 0 radical (unpaired) electrons. The van der Waals surface area contributed by atoms with E-state index in [2.05, 4.69) is 18.3 Å². The van der Waals surface area contributed by atoms with Crippen LogP contribution in [0.4, 0.5) is 0 Å². The van der Waals surface area contributed by atoms with Crippen LogP contribution >= 0.6 is 0 Å². The van der Waals surface area contributed by atoms with Crippen molar-refractivity contribution in [1.29, 1.82) is 0 Å². The average Bonchev–Trinajstić information content (AvgIpc) is 2.35. The molecule has 0 amide bonds. The number of nitrogens with one attached hydrogen (secondary N) is 1. The molecule has 0 aliphatic carbocycles. The van der Waals surface area contributed by atoms with Crippen molar-refractivity contribution in [2.45, 2.75) is 25.5 Å². The highest BCUT2D eigenvalue weighted by molar-refractivity contribution is 5.28. The minimum Gasteiger partial charge on any atom is -0.491 e. The number of hydrogen-bond acceptors (Lipinski definition) is 4. The van der Waals surface area contributed by atoms with Gasteiger partial charge in [-0.05, 0) is 24.1 Å². The second-order valence-electron chi connectivity index (χ2n) is 4.61. The van der Waals surface area contributed by atoms with Gasteiger partial charge in [-0.3, -0.25) is 0 Å². The molecule has 0 bridgehead atoms. The van der Waals surface area contributed by atoms with Crippen LogP contribution in [0.15, 0.2) is 24.3 Å². The van der Waals surface area contributed by atoms with Gasteiger partial charge < -0.3 is 19.9 Å². The summed E-state index contributed by atoms with van der Waals surface area (Å²) in [4.78, 5) is 0. The van der Waals surface area contributed by atoms with Gasteiger partial charge in [-0.2, -0.15) is 0 Å². The summed E-state index contributed by atoms with van der Waals surface area (Å²) in [5, 5.41) is 13.0. The van der Waals surface area contributed by atoms with Crippen LogP contribution in [0.2, 0.25) is 0 Å². The fourth-order valence-electron chi connectivity index (χ4n) is 1.76. The molecule has 100 valence electrons. The van der Waals surface area contributed by atoms with E-state index in [-0.39, 0.29) is 0 Å². The van der Waals surface area contributed by atoms with E-state index in [0.29, 0.717) is 19.2 Å². The molecule has 0 saturated carbocycles.